The predicted molar refractivity (Wildman–Crippen MR) is 82.8 cm³/mol. The summed E-state index contributed by atoms with van der Waals surface area (Å²) < 4.78 is 50.8. The van der Waals surface area contributed by atoms with Gasteiger partial charge in [-0.2, -0.15) is 0 Å². The van der Waals surface area contributed by atoms with Crippen LogP contribution in [0.2, 0.25) is 0 Å². The Labute approximate surface area is 133 Å². The number of carbonyl (C=O) groups excluding carboxylic acids is 1. The molecule has 0 fully saturated rings. The van der Waals surface area contributed by atoms with E-state index >= 15 is 0 Å². The Bertz CT molecular complexity index is 835. The van der Waals surface area contributed by atoms with Gasteiger partial charge in [-0.3, -0.25) is 4.79 Å². The van der Waals surface area contributed by atoms with Gasteiger partial charge in [-0.25, -0.2) is 17.2 Å². The van der Waals surface area contributed by atoms with E-state index in [1.807, 2.05) is 0 Å². The van der Waals surface area contributed by atoms with Gasteiger partial charge in [0.1, 0.15) is 16.5 Å². The van der Waals surface area contributed by atoms with Gasteiger partial charge in [0, 0.05) is 12.1 Å². The molecule has 0 heterocycles. The van der Waals surface area contributed by atoms with E-state index in [2.05, 4.69) is 5.32 Å². The third-order valence-corrected chi connectivity index (χ3v) is 4.99. The van der Waals surface area contributed by atoms with Gasteiger partial charge in [0.05, 0.1) is 5.75 Å². The second kappa shape index (κ2) is 6.87. The Morgan fingerprint density at radius 2 is 1.83 bits per heavy atom. The molecule has 7 heteroatoms. The molecule has 0 radical (unpaired) electrons. The largest absolute Gasteiger partial charge is 0.326 e. The molecule has 1 N–H and O–H groups in total. The SMILES string of the molecule is Cc1ccc(F)cc1NC(=O)CCS(=O)(=O)c1ccccc1F. The maximum atomic E-state index is 13.5. The van der Waals surface area contributed by atoms with Gasteiger partial charge in [0.15, 0.2) is 9.84 Å². The molecular formula is C16H15F2NO3S. The van der Waals surface area contributed by atoms with Crippen LogP contribution in [-0.4, -0.2) is 20.1 Å². The number of hydrogen-bond donors (Lipinski definition) is 1. The highest BCUT2D eigenvalue weighted by molar-refractivity contribution is 7.91. The van der Waals surface area contributed by atoms with Crippen molar-refractivity contribution in [1.29, 1.82) is 0 Å². The summed E-state index contributed by atoms with van der Waals surface area (Å²) in [5.74, 6) is -2.48. The maximum absolute atomic E-state index is 13.5. The number of aryl methyl sites for hydroxylation is 1. The highest BCUT2D eigenvalue weighted by Crippen LogP contribution is 2.18. The molecule has 0 saturated heterocycles. The number of nitrogens with one attached hydrogen (secondary N) is 1. The summed E-state index contributed by atoms with van der Waals surface area (Å²) in [6.45, 7) is 1.69. The Morgan fingerprint density at radius 1 is 1.13 bits per heavy atom. The molecule has 1 amide bonds. The van der Waals surface area contributed by atoms with E-state index in [-0.39, 0.29) is 12.1 Å². The molecular weight excluding hydrogens is 324 g/mol. The lowest BCUT2D eigenvalue weighted by molar-refractivity contribution is -0.115. The van der Waals surface area contributed by atoms with Crippen LogP contribution in [0.1, 0.15) is 12.0 Å². The number of hydrogen-bond acceptors (Lipinski definition) is 3. The third-order valence-electron chi connectivity index (χ3n) is 3.24. The van der Waals surface area contributed by atoms with Gasteiger partial charge < -0.3 is 5.32 Å². The normalized spacial score (nSPS) is 11.3. The summed E-state index contributed by atoms with van der Waals surface area (Å²) in [6.07, 6.45) is -0.355. The van der Waals surface area contributed by atoms with Crippen molar-refractivity contribution in [3.8, 4) is 0 Å². The van der Waals surface area contributed by atoms with Crippen molar-refractivity contribution in [2.45, 2.75) is 18.2 Å². The number of halogens is 2. The van der Waals surface area contributed by atoms with Gasteiger partial charge >= 0.3 is 0 Å². The molecule has 2 rings (SSSR count). The zero-order chi connectivity index (χ0) is 17.0. The van der Waals surface area contributed by atoms with Crippen molar-refractivity contribution in [3.63, 3.8) is 0 Å². The Hall–Kier alpha value is -2.28. The van der Waals surface area contributed by atoms with Gasteiger partial charge in [0.2, 0.25) is 5.91 Å². The molecule has 0 spiro atoms. The molecule has 0 bridgehead atoms. The Morgan fingerprint density at radius 3 is 2.52 bits per heavy atom. The van der Waals surface area contributed by atoms with Crippen LogP contribution in [0.4, 0.5) is 14.5 Å². The first-order valence-electron chi connectivity index (χ1n) is 6.83. The van der Waals surface area contributed by atoms with Crippen molar-refractivity contribution in [2.24, 2.45) is 0 Å². The molecule has 0 aromatic heterocycles. The fourth-order valence-corrected chi connectivity index (χ4v) is 3.30. The number of sulfone groups is 1. The molecule has 23 heavy (non-hydrogen) atoms. The number of benzene rings is 2. The zero-order valence-corrected chi connectivity index (χ0v) is 13.2. The van der Waals surface area contributed by atoms with Gasteiger partial charge in [-0.1, -0.05) is 18.2 Å². The van der Waals surface area contributed by atoms with Crippen LogP contribution in [0, 0.1) is 18.6 Å². The van der Waals surface area contributed by atoms with Crippen molar-refractivity contribution in [3.05, 3.63) is 59.7 Å². The molecule has 2 aromatic carbocycles. The molecule has 0 atom stereocenters. The smallest absolute Gasteiger partial charge is 0.225 e. The second-order valence-corrected chi connectivity index (χ2v) is 7.08. The Kier molecular flexibility index (Phi) is 5.10. The average Bonchev–Trinajstić information content (AvgIpc) is 2.49. The molecule has 0 saturated carbocycles. The van der Waals surface area contributed by atoms with E-state index in [0.717, 1.165) is 18.2 Å². The summed E-state index contributed by atoms with van der Waals surface area (Å²) in [4.78, 5) is 11.4. The van der Waals surface area contributed by atoms with E-state index < -0.39 is 38.0 Å². The number of carbonyl (C=O) groups is 1. The molecule has 0 aliphatic carbocycles. The Balaban J connectivity index is 2.04. The van der Waals surface area contributed by atoms with Crippen LogP contribution < -0.4 is 5.32 Å². The zero-order valence-electron chi connectivity index (χ0n) is 12.3. The fourth-order valence-electron chi connectivity index (χ4n) is 1.98. The topological polar surface area (TPSA) is 63.2 Å². The third kappa shape index (κ3) is 4.35. The standard InChI is InChI=1S/C16H15F2NO3S/c1-11-6-7-12(17)10-14(11)19-16(20)8-9-23(21,22)15-5-3-2-4-13(15)18/h2-7,10H,8-9H2,1H3,(H,19,20). The van der Waals surface area contributed by atoms with Crippen LogP contribution >= 0.6 is 0 Å². The van der Waals surface area contributed by atoms with E-state index in [4.69, 9.17) is 0 Å². The molecule has 2 aromatic rings. The molecule has 0 unspecified atom stereocenters. The van der Waals surface area contributed by atoms with Crippen molar-refractivity contribution in [2.75, 3.05) is 11.1 Å². The molecule has 122 valence electrons. The average molecular weight is 339 g/mol. The fraction of sp³-hybridized carbons (Fsp3) is 0.188. The van der Waals surface area contributed by atoms with Gasteiger partial charge in [0.25, 0.3) is 0 Å². The minimum Gasteiger partial charge on any atom is -0.326 e. The molecule has 0 aliphatic rings. The van der Waals surface area contributed by atoms with Crippen molar-refractivity contribution < 1.29 is 22.0 Å². The number of rotatable bonds is 5. The summed E-state index contributed by atoms with van der Waals surface area (Å²) in [7, 11) is -3.91. The molecule has 0 aliphatic heterocycles. The summed E-state index contributed by atoms with van der Waals surface area (Å²) in [6, 6.07) is 8.90. The summed E-state index contributed by atoms with van der Waals surface area (Å²) in [5, 5.41) is 2.45. The highest BCUT2D eigenvalue weighted by Gasteiger charge is 2.20. The lowest BCUT2D eigenvalue weighted by Crippen LogP contribution is -2.18. The summed E-state index contributed by atoms with van der Waals surface area (Å²) in [5.41, 5.74) is 0.926. The van der Waals surface area contributed by atoms with Crippen molar-refractivity contribution in [1.82, 2.24) is 0 Å². The van der Waals surface area contributed by atoms with E-state index in [9.17, 15) is 22.0 Å². The monoisotopic (exact) mass is 339 g/mol. The van der Waals surface area contributed by atoms with E-state index in [1.54, 1.807) is 6.92 Å². The van der Waals surface area contributed by atoms with Crippen LogP contribution in [0.5, 0.6) is 0 Å². The highest BCUT2D eigenvalue weighted by atomic mass is 32.2. The van der Waals surface area contributed by atoms with Crippen LogP contribution in [0.25, 0.3) is 0 Å². The van der Waals surface area contributed by atoms with Gasteiger partial charge in [-0.15, -0.1) is 0 Å². The predicted octanol–water partition coefficient (Wildman–Crippen LogP) is 3.08. The minimum atomic E-state index is -3.91. The first-order chi connectivity index (χ1) is 10.8. The summed E-state index contributed by atoms with van der Waals surface area (Å²) >= 11 is 0. The number of amides is 1. The van der Waals surface area contributed by atoms with Crippen molar-refractivity contribution >= 4 is 21.4 Å². The first kappa shape index (κ1) is 17.1. The maximum Gasteiger partial charge on any atom is 0.225 e. The molecule has 4 nitrogen and oxygen atoms in total. The van der Waals surface area contributed by atoms with Crippen LogP contribution in [0.15, 0.2) is 47.4 Å². The van der Waals surface area contributed by atoms with Crippen LogP contribution in [0.3, 0.4) is 0 Å². The lowest BCUT2D eigenvalue weighted by atomic mass is 10.2. The quantitative estimate of drug-likeness (QED) is 0.910. The van der Waals surface area contributed by atoms with E-state index in [1.165, 1.54) is 24.3 Å². The lowest BCUT2D eigenvalue weighted by Gasteiger charge is -2.09. The second-order valence-electron chi connectivity index (χ2n) is 5.01. The minimum absolute atomic E-state index is 0.276. The van der Waals surface area contributed by atoms with Crippen LogP contribution in [-0.2, 0) is 14.6 Å². The van der Waals surface area contributed by atoms with Gasteiger partial charge in [-0.05, 0) is 36.8 Å². The van der Waals surface area contributed by atoms with E-state index in [0.29, 0.717) is 5.56 Å². The number of anilines is 1. The first-order valence-corrected chi connectivity index (χ1v) is 8.48.